The second-order valence-electron chi connectivity index (χ2n) is 9.28. The normalized spacial score (nSPS) is 27.3. The van der Waals surface area contributed by atoms with Gasteiger partial charge < -0.3 is 11.1 Å². The molecule has 2 unspecified atom stereocenters. The highest BCUT2D eigenvalue weighted by atomic mass is 16.2. The first-order chi connectivity index (χ1) is 16.4. The molecule has 34 heavy (non-hydrogen) atoms. The highest BCUT2D eigenvalue weighted by molar-refractivity contribution is 6.15. The number of carbonyl (C=O) groups is 4. The van der Waals surface area contributed by atoms with Crippen LogP contribution in [-0.2, 0) is 37.6 Å². The number of anilines is 1. The molecule has 3 aliphatic rings. The Hall–Kier alpha value is -3.52. The van der Waals surface area contributed by atoms with Gasteiger partial charge in [-0.05, 0) is 30.4 Å². The third-order valence-electron chi connectivity index (χ3n) is 7.48. The zero-order valence-electron chi connectivity index (χ0n) is 19.0. The lowest BCUT2D eigenvalue weighted by Gasteiger charge is -2.29. The fourth-order valence-corrected chi connectivity index (χ4v) is 5.90. The average molecular weight is 461 g/mol. The lowest BCUT2D eigenvalue weighted by molar-refractivity contribution is -0.142. The molecule has 0 aliphatic carbocycles. The van der Waals surface area contributed by atoms with Gasteiger partial charge in [-0.15, -0.1) is 0 Å². The van der Waals surface area contributed by atoms with Gasteiger partial charge in [0.25, 0.3) is 0 Å². The van der Waals surface area contributed by atoms with Crippen LogP contribution in [0.25, 0.3) is 0 Å². The minimum atomic E-state index is -1.35. The van der Waals surface area contributed by atoms with Gasteiger partial charge in [-0.3, -0.25) is 29.4 Å². The summed E-state index contributed by atoms with van der Waals surface area (Å²) in [5.41, 5.74) is 7.44. The van der Waals surface area contributed by atoms with Gasteiger partial charge in [-0.25, -0.2) is 0 Å². The minimum Gasteiger partial charge on any atom is -0.370 e. The molecular formula is C26H28N4O4. The number of imide groups is 1. The predicted octanol–water partition coefficient (Wildman–Crippen LogP) is 1.48. The number of para-hydroxylation sites is 1. The summed E-state index contributed by atoms with van der Waals surface area (Å²) in [7, 11) is 0. The molecular weight excluding hydrogens is 432 g/mol. The number of carbonyl (C=O) groups excluding carboxylic acids is 4. The molecule has 8 nitrogen and oxygen atoms in total. The van der Waals surface area contributed by atoms with Crippen LogP contribution in [0.2, 0.25) is 0 Å². The molecule has 0 bridgehead atoms. The van der Waals surface area contributed by atoms with Crippen molar-refractivity contribution in [2.45, 2.75) is 44.2 Å². The molecule has 2 fully saturated rings. The first kappa shape index (κ1) is 22.3. The number of rotatable bonds is 7. The average Bonchev–Trinajstić information content (AvgIpc) is 3.41. The molecule has 2 saturated heterocycles. The number of fused-ring (bicyclic) bond motifs is 4. The molecule has 0 aromatic heterocycles. The van der Waals surface area contributed by atoms with Crippen LogP contribution in [-0.4, -0.2) is 41.1 Å². The fraction of sp³-hybridized carbons (Fsp3) is 0.385. The van der Waals surface area contributed by atoms with Gasteiger partial charge in [-0.2, -0.15) is 0 Å². The zero-order chi connectivity index (χ0) is 24.0. The van der Waals surface area contributed by atoms with Crippen molar-refractivity contribution < 1.29 is 19.2 Å². The lowest BCUT2D eigenvalue weighted by Crippen LogP contribution is -2.53. The van der Waals surface area contributed by atoms with Crippen molar-refractivity contribution in [2.75, 3.05) is 11.9 Å². The van der Waals surface area contributed by atoms with Gasteiger partial charge in [0.05, 0.1) is 11.8 Å². The lowest BCUT2D eigenvalue weighted by atomic mass is 9.76. The number of aryl methyl sites for hydroxylation is 1. The monoisotopic (exact) mass is 460 g/mol. The van der Waals surface area contributed by atoms with Gasteiger partial charge in [0, 0.05) is 30.3 Å². The zero-order valence-corrected chi connectivity index (χ0v) is 19.0. The SMILES string of the molecule is CCc1cccc2c1NC(=O)C21NC(CCC(N)=O)[C@H]2C(=O)N(CCc3ccccc3)C(=O)[C@H]21. The summed E-state index contributed by atoms with van der Waals surface area (Å²) in [6, 6.07) is 14.8. The van der Waals surface area contributed by atoms with Gasteiger partial charge in [-0.1, -0.05) is 55.5 Å². The number of benzene rings is 2. The van der Waals surface area contributed by atoms with Crippen LogP contribution in [0, 0.1) is 11.8 Å². The topological polar surface area (TPSA) is 122 Å². The Balaban J connectivity index is 1.54. The Morgan fingerprint density at radius 3 is 2.53 bits per heavy atom. The van der Waals surface area contributed by atoms with Crippen LogP contribution in [0.4, 0.5) is 5.69 Å². The summed E-state index contributed by atoms with van der Waals surface area (Å²) >= 11 is 0. The van der Waals surface area contributed by atoms with Crippen molar-refractivity contribution >= 4 is 29.3 Å². The summed E-state index contributed by atoms with van der Waals surface area (Å²) in [6.07, 6.45) is 1.59. The number of hydrogen-bond acceptors (Lipinski definition) is 5. The standard InChI is InChI=1S/C26H28N4O4/c1-2-16-9-6-10-17-22(16)28-25(34)26(17)21-20(18(29-26)11-12-19(27)31)23(32)30(24(21)33)14-13-15-7-4-3-5-8-15/h3-10,18,20-21,29H,2,11-14H2,1H3,(H2,27,31)(H,28,34)/t18?,20-,21+,26?/m1/s1. The van der Waals surface area contributed by atoms with Crippen molar-refractivity contribution in [3.63, 3.8) is 0 Å². The number of nitrogens with two attached hydrogens (primary N) is 1. The fourth-order valence-electron chi connectivity index (χ4n) is 5.90. The molecule has 0 saturated carbocycles. The molecule has 1 spiro atoms. The number of hydrogen-bond donors (Lipinski definition) is 3. The molecule has 4 atom stereocenters. The molecule has 0 radical (unpaired) electrons. The maximum atomic E-state index is 13.8. The van der Waals surface area contributed by atoms with Crippen LogP contribution < -0.4 is 16.4 Å². The third kappa shape index (κ3) is 3.24. The van der Waals surface area contributed by atoms with E-state index in [2.05, 4.69) is 10.6 Å². The van der Waals surface area contributed by atoms with Crippen LogP contribution >= 0.6 is 0 Å². The van der Waals surface area contributed by atoms with Crippen LogP contribution in [0.5, 0.6) is 0 Å². The van der Waals surface area contributed by atoms with E-state index in [1.807, 2.05) is 55.5 Å². The Morgan fingerprint density at radius 1 is 1.06 bits per heavy atom. The molecule has 4 amide bonds. The minimum absolute atomic E-state index is 0.0614. The molecule has 4 N–H and O–H groups in total. The maximum absolute atomic E-state index is 13.8. The summed E-state index contributed by atoms with van der Waals surface area (Å²) in [4.78, 5) is 53.7. The Kier molecular flexibility index (Phi) is 5.48. The predicted molar refractivity (Wildman–Crippen MR) is 125 cm³/mol. The summed E-state index contributed by atoms with van der Waals surface area (Å²) in [5.74, 6) is -3.05. The molecule has 2 aromatic rings. The van der Waals surface area contributed by atoms with Gasteiger partial charge in [0.15, 0.2) is 0 Å². The molecule has 176 valence electrons. The van der Waals surface area contributed by atoms with E-state index >= 15 is 0 Å². The van der Waals surface area contributed by atoms with Gasteiger partial charge >= 0.3 is 0 Å². The number of primary amides is 1. The van der Waals surface area contributed by atoms with Crippen LogP contribution in [0.3, 0.4) is 0 Å². The smallest absolute Gasteiger partial charge is 0.250 e. The number of nitrogens with zero attached hydrogens (tertiary/aromatic N) is 1. The summed E-state index contributed by atoms with van der Waals surface area (Å²) in [6.45, 7) is 2.25. The largest absolute Gasteiger partial charge is 0.370 e. The Morgan fingerprint density at radius 2 is 1.82 bits per heavy atom. The van der Waals surface area contributed by atoms with E-state index in [9.17, 15) is 19.2 Å². The van der Waals surface area contributed by atoms with Crippen molar-refractivity contribution in [1.82, 2.24) is 10.2 Å². The van der Waals surface area contributed by atoms with Crippen LogP contribution in [0.1, 0.15) is 36.5 Å². The quantitative estimate of drug-likeness (QED) is 0.541. The van der Waals surface area contributed by atoms with E-state index in [0.717, 1.165) is 17.5 Å². The summed E-state index contributed by atoms with van der Waals surface area (Å²) in [5, 5.41) is 6.33. The highest BCUT2D eigenvalue weighted by Crippen LogP contribution is 2.54. The summed E-state index contributed by atoms with van der Waals surface area (Å²) < 4.78 is 0. The van der Waals surface area contributed by atoms with Crippen molar-refractivity contribution in [2.24, 2.45) is 17.6 Å². The second-order valence-corrected chi connectivity index (χ2v) is 9.28. The number of likely N-dealkylation sites (tertiary alicyclic amines) is 1. The van der Waals surface area contributed by atoms with E-state index in [1.165, 1.54) is 4.90 Å². The van der Waals surface area contributed by atoms with E-state index < -0.39 is 29.3 Å². The number of amides is 4. The first-order valence-corrected chi connectivity index (χ1v) is 11.8. The molecule has 3 heterocycles. The number of nitrogens with one attached hydrogen (secondary N) is 2. The van der Waals surface area contributed by atoms with Crippen molar-refractivity contribution in [1.29, 1.82) is 0 Å². The van der Waals surface area contributed by atoms with Gasteiger partial charge in [0.1, 0.15) is 5.54 Å². The molecule has 2 aromatic carbocycles. The van der Waals surface area contributed by atoms with E-state index in [1.54, 1.807) is 0 Å². The highest BCUT2D eigenvalue weighted by Gasteiger charge is 2.70. The maximum Gasteiger partial charge on any atom is 0.250 e. The van der Waals surface area contributed by atoms with Crippen LogP contribution in [0.15, 0.2) is 48.5 Å². The molecule has 8 heteroatoms. The Bertz CT molecular complexity index is 1180. The second kappa shape index (κ2) is 8.36. The van der Waals surface area contributed by atoms with Crippen molar-refractivity contribution in [3.8, 4) is 0 Å². The van der Waals surface area contributed by atoms with E-state index in [4.69, 9.17) is 5.73 Å². The van der Waals surface area contributed by atoms with E-state index in [-0.39, 0.29) is 37.1 Å². The van der Waals surface area contributed by atoms with Gasteiger partial charge in [0.2, 0.25) is 23.6 Å². The Labute approximate surface area is 197 Å². The molecule has 5 rings (SSSR count). The first-order valence-electron chi connectivity index (χ1n) is 11.8. The van der Waals surface area contributed by atoms with Crippen molar-refractivity contribution in [3.05, 3.63) is 65.2 Å². The molecule has 3 aliphatic heterocycles. The van der Waals surface area contributed by atoms with E-state index in [0.29, 0.717) is 17.7 Å². The third-order valence-corrected chi connectivity index (χ3v) is 7.48.